The molecule has 0 aliphatic rings. The van der Waals surface area contributed by atoms with Gasteiger partial charge >= 0.3 is 0 Å². The number of benzene rings is 1. The minimum absolute atomic E-state index is 0.372. The molecule has 0 radical (unpaired) electrons. The summed E-state index contributed by atoms with van der Waals surface area (Å²) >= 11 is 0. The maximum absolute atomic E-state index is 9.72. The van der Waals surface area contributed by atoms with E-state index in [2.05, 4.69) is 12.2 Å². The molecule has 0 amide bonds. The Balaban J connectivity index is 2.22. The number of hydrogen-bond acceptors (Lipinski definition) is 4. The fourth-order valence-electron chi connectivity index (χ4n) is 1.49. The van der Waals surface area contributed by atoms with Gasteiger partial charge in [-0.1, -0.05) is 19.4 Å². The number of nitrogens with one attached hydrogen (secondary N) is 1. The third-order valence-electron chi connectivity index (χ3n) is 2.56. The van der Waals surface area contributed by atoms with Crippen molar-refractivity contribution in [1.82, 2.24) is 0 Å². The van der Waals surface area contributed by atoms with Gasteiger partial charge < -0.3 is 19.9 Å². The Bertz CT molecular complexity index is 331. The van der Waals surface area contributed by atoms with Gasteiger partial charge in [0.25, 0.3) is 0 Å². The Morgan fingerprint density at radius 2 is 2.22 bits per heavy atom. The summed E-state index contributed by atoms with van der Waals surface area (Å²) in [4.78, 5) is 0. The third-order valence-corrected chi connectivity index (χ3v) is 2.56. The molecular formula is C14H23NO3. The van der Waals surface area contributed by atoms with Crippen molar-refractivity contribution in [3.8, 4) is 5.75 Å². The monoisotopic (exact) mass is 253 g/mol. The Labute approximate surface area is 109 Å². The van der Waals surface area contributed by atoms with Gasteiger partial charge in [-0.25, -0.2) is 0 Å². The molecule has 0 heterocycles. The van der Waals surface area contributed by atoms with E-state index in [-0.39, 0.29) is 0 Å². The Kier molecular flexibility index (Phi) is 7.22. The second-order valence-electron chi connectivity index (χ2n) is 4.20. The molecule has 1 atom stereocenters. The van der Waals surface area contributed by atoms with Crippen molar-refractivity contribution in [2.45, 2.75) is 25.9 Å². The Morgan fingerprint density at radius 3 is 2.94 bits per heavy atom. The summed E-state index contributed by atoms with van der Waals surface area (Å²) in [6, 6.07) is 7.62. The van der Waals surface area contributed by atoms with Crippen LogP contribution in [0.3, 0.4) is 0 Å². The van der Waals surface area contributed by atoms with Gasteiger partial charge in [-0.05, 0) is 18.6 Å². The molecule has 0 aromatic heterocycles. The van der Waals surface area contributed by atoms with Crippen LogP contribution in [-0.2, 0) is 4.74 Å². The van der Waals surface area contributed by atoms with Crippen molar-refractivity contribution in [2.75, 3.05) is 32.2 Å². The summed E-state index contributed by atoms with van der Waals surface area (Å²) in [5.74, 6) is 0.800. The van der Waals surface area contributed by atoms with Crippen molar-refractivity contribution in [2.24, 2.45) is 0 Å². The molecule has 1 unspecified atom stereocenters. The van der Waals surface area contributed by atoms with Crippen LogP contribution in [0.15, 0.2) is 24.3 Å². The lowest BCUT2D eigenvalue weighted by Gasteiger charge is -2.13. The highest BCUT2D eigenvalue weighted by Gasteiger charge is 2.04. The van der Waals surface area contributed by atoms with Gasteiger partial charge in [0, 0.05) is 24.9 Å². The average molecular weight is 253 g/mol. The first-order chi connectivity index (χ1) is 8.76. The molecule has 4 nitrogen and oxygen atoms in total. The van der Waals surface area contributed by atoms with Gasteiger partial charge in [-0.3, -0.25) is 0 Å². The van der Waals surface area contributed by atoms with Crippen molar-refractivity contribution in [1.29, 1.82) is 0 Å². The number of methoxy groups -OCH3 is 1. The van der Waals surface area contributed by atoms with Crippen molar-refractivity contribution < 1.29 is 14.6 Å². The van der Waals surface area contributed by atoms with E-state index in [1.165, 1.54) is 0 Å². The summed E-state index contributed by atoms with van der Waals surface area (Å²) in [6.45, 7) is 3.67. The van der Waals surface area contributed by atoms with E-state index in [0.29, 0.717) is 19.8 Å². The first kappa shape index (κ1) is 14.8. The van der Waals surface area contributed by atoms with Crippen molar-refractivity contribution in [3.05, 3.63) is 24.3 Å². The topological polar surface area (TPSA) is 50.7 Å². The minimum Gasteiger partial charge on any atom is -0.497 e. The van der Waals surface area contributed by atoms with Crippen molar-refractivity contribution >= 4 is 5.69 Å². The predicted octanol–water partition coefficient (Wildman–Crippen LogP) is 2.28. The average Bonchev–Trinajstić information content (AvgIpc) is 2.41. The zero-order valence-electron chi connectivity index (χ0n) is 11.2. The zero-order valence-corrected chi connectivity index (χ0v) is 11.2. The van der Waals surface area contributed by atoms with Crippen LogP contribution >= 0.6 is 0 Å². The molecule has 2 N–H and O–H groups in total. The van der Waals surface area contributed by atoms with Crippen LogP contribution in [0, 0.1) is 0 Å². The molecule has 0 aliphatic carbocycles. The van der Waals surface area contributed by atoms with Gasteiger partial charge in [0.2, 0.25) is 0 Å². The van der Waals surface area contributed by atoms with Crippen LogP contribution in [0.4, 0.5) is 5.69 Å². The first-order valence-corrected chi connectivity index (χ1v) is 6.40. The highest BCUT2D eigenvalue weighted by molar-refractivity contribution is 5.48. The molecule has 1 aromatic rings. The SMILES string of the molecule is CCCCOCC(O)CNc1cccc(OC)c1. The summed E-state index contributed by atoms with van der Waals surface area (Å²) < 4.78 is 10.5. The van der Waals surface area contributed by atoms with Crippen LogP contribution in [0.1, 0.15) is 19.8 Å². The number of rotatable bonds is 9. The number of ether oxygens (including phenoxy) is 2. The largest absolute Gasteiger partial charge is 0.497 e. The van der Waals surface area contributed by atoms with Crippen molar-refractivity contribution in [3.63, 3.8) is 0 Å². The third kappa shape index (κ3) is 5.89. The van der Waals surface area contributed by atoms with E-state index < -0.39 is 6.10 Å². The normalized spacial score (nSPS) is 12.2. The maximum atomic E-state index is 9.72. The van der Waals surface area contributed by atoms with E-state index in [9.17, 15) is 5.11 Å². The summed E-state index contributed by atoms with van der Waals surface area (Å²) in [5, 5.41) is 12.9. The number of aliphatic hydroxyl groups is 1. The van der Waals surface area contributed by atoms with Crippen LogP contribution in [0.2, 0.25) is 0 Å². The second-order valence-corrected chi connectivity index (χ2v) is 4.20. The molecule has 0 aliphatic heterocycles. The molecular weight excluding hydrogens is 230 g/mol. The van der Waals surface area contributed by atoms with Gasteiger partial charge in [0.15, 0.2) is 0 Å². The Hall–Kier alpha value is -1.26. The van der Waals surface area contributed by atoms with Crippen LogP contribution < -0.4 is 10.1 Å². The van der Waals surface area contributed by atoms with E-state index in [4.69, 9.17) is 9.47 Å². The maximum Gasteiger partial charge on any atom is 0.120 e. The number of anilines is 1. The Morgan fingerprint density at radius 1 is 1.39 bits per heavy atom. The predicted molar refractivity (Wildman–Crippen MR) is 73.2 cm³/mol. The highest BCUT2D eigenvalue weighted by Crippen LogP contribution is 2.16. The summed E-state index contributed by atoms with van der Waals surface area (Å²) in [6.07, 6.45) is 1.65. The smallest absolute Gasteiger partial charge is 0.120 e. The summed E-state index contributed by atoms with van der Waals surface area (Å²) in [5.41, 5.74) is 0.932. The fraction of sp³-hybridized carbons (Fsp3) is 0.571. The molecule has 102 valence electrons. The summed E-state index contributed by atoms with van der Waals surface area (Å²) in [7, 11) is 1.63. The molecule has 0 saturated carbocycles. The molecule has 0 fully saturated rings. The van der Waals surface area contributed by atoms with Gasteiger partial charge in [0.05, 0.1) is 19.8 Å². The molecule has 4 heteroatoms. The van der Waals surface area contributed by atoms with Crippen LogP contribution in [-0.4, -0.2) is 38.1 Å². The fourth-order valence-corrected chi connectivity index (χ4v) is 1.49. The van der Waals surface area contributed by atoms with Crippen LogP contribution in [0.25, 0.3) is 0 Å². The van der Waals surface area contributed by atoms with E-state index in [1.54, 1.807) is 7.11 Å². The second kappa shape index (κ2) is 8.78. The lowest BCUT2D eigenvalue weighted by atomic mass is 10.3. The molecule has 1 rings (SSSR count). The molecule has 18 heavy (non-hydrogen) atoms. The standard InChI is InChI=1S/C14H23NO3/c1-3-4-8-18-11-13(16)10-15-12-6-5-7-14(9-12)17-2/h5-7,9,13,15-16H,3-4,8,10-11H2,1-2H3. The highest BCUT2D eigenvalue weighted by atomic mass is 16.5. The molecule has 0 saturated heterocycles. The minimum atomic E-state index is -0.493. The van der Waals surface area contributed by atoms with E-state index in [1.807, 2.05) is 24.3 Å². The molecule has 1 aromatic carbocycles. The van der Waals surface area contributed by atoms with Crippen LogP contribution in [0.5, 0.6) is 5.75 Å². The number of aliphatic hydroxyl groups excluding tert-OH is 1. The molecule has 0 bridgehead atoms. The lowest BCUT2D eigenvalue weighted by molar-refractivity contribution is 0.0422. The van der Waals surface area contributed by atoms with Gasteiger partial charge in [-0.2, -0.15) is 0 Å². The quantitative estimate of drug-likeness (QED) is 0.663. The van der Waals surface area contributed by atoms with E-state index >= 15 is 0 Å². The molecule has 0 spiro atoms. The van der Waals surface area contributed by atoms with Gasteiger partial charge in [-0.15, -0.1) is 0 Å². The first-order valence-electron chi connectivity index (χ1n) is 6.40. The number of unbranched alkanes of at least 4 members (excludes halogenated alkanes) is 1. The number of hydrogen-bond donors (Lipinski definition) is 2. The van der Waals surface area contributed by atoms with Gasteiger partial charge in [0.1, 0.15) is 5.75 Å². The lowest BCUT2D eigenvalue weighted by Crippen LogP contribution is -2.25. The van der Waals surface area contributed by atoms with E-state index in [0.717, 1.165) is 24.3 Å². The zero-order chi connectivity index (χ0) is 13.2.